The Morgan fingerprint density at radius 3 is 2.50 bits per heavy atom. The molecule has 0 spiro atoms. The zero-order valence-electron chi connectivity index (χ0n) is 4.68. The van der Waals surface area contributed by atoms with E-state index in [2.05, 4.69) is 11.3 Å². The molecule has 0 rings (SSSR count). The van der Waals surface area contributed by atoms with Gasteiger partial charge in [0.1, 0.15) is 5.76 Å². The average molecular weight is 111 g/mol. The van der Waals surface area contributed by atoms with E-state index in [1.54, 1.807) is 0 Å². The number of hydrogen-bond donors (Lipinski definition) is 0. The molecule has 0 fully saturated rings. The van der Waals surface area contributed by atoms with Crippen LogP contribution in [0.25, 0.3) is 0 Å². The fourth-order valence-corrected chi connectivity index (χ4v) is 0.200. The molecule has 0 saturated carbocycles. The summed E-state index contributed by atoms with van der Waals surface area (Å²) in [6.45, 7) is 9.65. The van der Waals surface area contributed by atoms with Gasteiger partial charge in [-0.05, 0) is 13.5 Å². The first kappa shape index (κ1) is 6.95. The van der Waals surface area contributed by atoms with Crippen molar-refractivity contribution in [2.75, 3.05) is 0 Å². The summed E-state index contributed by atoms with van der Waals surface area (Å²) in [5.41, 5.74) is 0. The Balaban J connectivity index is 3.55. The molecule has 1 radical (unpaired) electrons. The maximum atomic E-state index is 10.2. The van der Waals surface area contributed by atoms with Crippen LogP contribution in [0.4, 0.5) is 0 Å². The molecule has 0 aliphatic heterocycles. The van der Waals surface area contributed by atoms with Gasteiger partial charge in [-0.25, -0.2) is 4.79 Å². The molecule has 43 valence electrons. The van der Waals surface area contributed by atoms with E-state index in [1.165, 1.54) is 6.92 Å². The van der Waals surface area contributed by atoms with Crippen LogP contribution in [0, 0.1) is 6.58 Å². The van der Waals surface area contributed by atoms with Crippen LogP contribution in [0.15, 0.2) is 18.4 Å². The number of carbonyl (C=O) groups excluding carboxylic acids is 1. The maximum absolute atomic E-state index is 10.2. The largest absolute Gasteiger partial charge is 0.428 e. The highest BCUT2D eigenvalue weighted by Gasteiger charge is 1.91. The number of allylic oxidation sites excluding steroid dienone is 1. The molecule has 0 aliphatic rings. The fourth-order valence-electron chi connectivity index (χ4n) is 0.200. The highest BCUT2D eigenvalue weighted by molar-refractivity contribution is 5.81. The first-order valence-electron chi connectivity index (χ1n) is 2.10. The zero-order chi connectivity index (χ0) is 6.57. The lowest BCUT2D eigenvalue weighted by Crippen LogP contribution is -1.95. The molecule has 0 aromatic carbocycles. The molecule has 0 N–H and O–H groups in total. The second-order valence-corrected chi connectivity index (χ2v) is 1.24. The van der Waals surface area contributed by atoms with Crippen molar-refractivity contribution in [3.63, 3.8) is 0 Å². The summed E-state index contributed by atoms with van der Waals surface area (Å²) in [5, 5.41) is 0. The van der Waals surface area contributed by atoms with Crippen molar-refractivity contribution in [1.82, 2.24) is 0 Å². The van der Waals surface area contributed by atoms with Crippen LogP contribution in [0.5, 0.6) is 0 Å². The number of hydrogen-bond acceptors (Lipinski definition) is 2. The monoisotopic (exact) mass is 111 g/mol. The number of ether oxygens (including phenoxy) is 1. The van der Waals surface area contributed by atoms with Gasteiger partial charge in [0.05, 0.1) is 0 Å². The first-order valence-corrected chi connectivity index (χ1v) is 2.10. The van der Waals surface area contributed by atoms with Crippen LogP contribution in [0.1, 0.15) is 6.92 Å². The topological polar surface area (TPSA) is 26.3 Å². The summed E-state index contributed by atoms with van der Waals surface area (Å²) in [6, 6.07) is 0. The molecule has 0 saturated heterocycles. The Morgan fingerprint density at radius 1 is 1.88 bits per heavy atom. The predicted octanol–water partition coefficient (Wildman–Crippen LogP) is 1.05. The Bertz CT molecular complexity index is 124. The Hall–Kier alpha value is -1.05. The van der Waals surface area contributed by atoms with Crippen molar-refractivity contribution in [3.8, 4) is 0 Å². The van der Waals surface area contributed by atoms with E-state index in [0.29, 0.717) is 0 Å². The Labute approximate surface area is 48.5 Å². The molecular formula is C6H7O2. The smallest absolute Gasteiger partial charge is 0.335 e. The van der Waals surface area contributed by atoms with Gasteiger partial charge in [0.25, 0.3) is 0 Å². The molecule has 0 amide bonds. The molecule has 8 heavy (non-hydrogen) atoms. The molecule has 0 unspecified atom stereocenters. The molecule has 0 atom stereocenters. The van der Waals surface area contributed by atoms with Crippen molar-refractivity contribution in [2.45, 2.75) is 6.92 Å². The lowest BCUT2D eigenvalue weighted by molar-refractivity contribution is -0.133. The molecule has 0 heterocycles. The van der Waals surface area contributed by atoms with E-state index in [4.69, 9.17) is 6.58 Å². The van der Waals surface area contributed by atoms with Crippen LogP contribution in [0.2, 0.25) is 0 Å². The summed E-state index contributed by atoms with van der Waals surface area (Å²) >= 11 is 0. The molecule has 2 heteroatoms. The van der Waals surface area contributed by atoms with E-state index in [9.17, 15) is 4.79 Å². The summed E-state index contributed by atoms with van der Waals surface area (Å²) < 4.78 is 4.34. The SMILES string of the molecule is [CH]=C(C)OC(=O)C=C. The number of carbonyl (C=O) groups is 1. The summed E-state index contributed by atoms with van der Waals surface area (Å²) in [5.74, 6) is -0.389. The van der Waals surface area contributed by atoms with Crippen molar-refractivity contribution < 1.29 is 9.53 Å². The highest BCUT2D eigenvalue weighted by atomic mass is 16.5. The van der Waals surface area contributed by atoms with Crippen molar-refractivity contribution in [3.05, 3.63) is 25.0 Å². The third kappa shape index (κ3) is 3.15. The Morgan fingerprint density at radius 2 is 2.38 bits per heavy atom. The van der Waals surface area contributed by atoms with E-state index >= 15 is 0 Å². The van der Waals surface area contributed by atoms with Gasteiger partial charge in [0, 0.05) is 6.08 Å². The standard InChI is InChI=1S/C6H7O2/c1-4-6(7)8-5(2)3/h2,4H,1H2,3H3. The third-order valence-electron chi connectivity index (χ3n) is 0.428. The van der Waals surface area contributed by atoms with Gasteiger partial charge in [-0.15, -0.1) is 0 Å². The highest BCUT2D eigenvalue weighted by Crippen LogP contribution is 1.89. The lowest BCUT2D eigenvalue weighted by Gasteiger charge is -1.94. The first-order chi connectivity index (χ1) is 3.66. The van der Waals surface area contributed by atoms with Crippen LogP contribution in [0.3, 0.4) is 0 Å². The van der Waals surface area contributed by atoms with Crippen molar-refractivity contribution in [1.29, 1.82) is 0 Å². The van der Waals surface area contributed by atoms with Crippen LogP contribution in [-0.2, 0) is 9.53 Å². The Kier molecular flexibility index (Phi) is 2.62. The van der Waals surface area contributed by atoms with Gasteiger partial charge < -0.3 is 4.74 Å². The van der Waals surface area contributed by atoms with E-state index in [1.807, 2.05) is 0 Å². The fraction of sp³-hybridized carbons (Fsp3) is 0.167. The normalized spacial score (nSPS) is 7.62. The van der Waals surface area contributed by atoms with Gasteiger partial charge in [-0.3, -0.25) is 0 Å². The lowest BCUT2D eigenvalue weighted by atomic mass is 10.6. The molecule has 0 aromatic rings. The summed E-state index contributed by atoms with van der Waals surface area (Å²) in [7, 11) is 0. The van der Waals surface area contributed by atoms with Crippen molar-refractivity contribution >= 4 is 5.97 Å². The van der Waals surface area contributed by atoms with E-state index in [-0.39, 0.29) is 5.76 Å². The molecule has 0 aliphatic carbocycles. The summed E-state index contributed by atoms with van der Waals surface area (Å²) in [4.78, 5) is 10.2. The molecular weight excluding hydrogens is 104 g/mol. The van der Waals surface area contributed by atoms with Gasteiger partial charge >= 0.3 is 5.97 Å². The average Bonchev–Trinajstić information content (AvgIpc) is 1.65. The quantitative estimate of drug-likeness (QED) is 0.302. The van der Waals surface area contributed by atoms with Gasteiger partial charge in [-0.1, -0.05) is 6.58 Å². The van der Waals surface area contributed by atoms with E-state index in [0.717, 1.165) is 6.08 Å². The molecule has 2 nitrogen and oxygen atoms in total. The van der Waals surface area contributed by atoms with Gasteiger partial charge in [0.15, 0.2) is 0 Å². The summed E-state index contributed by atoms with van der Waals surface area (Å²) in [6.07, 6.45) is 1.05. The number of esters is 1. The maximum Gasteiger partial charge on any atom is 0.335 e. The van der Waals surface area contributed by atoms with Crippen molar-refractivity contribution in [2.24, 2.45) is 0 Å². The minimum atomic E-state index is -0.523. The third-order valence-corrected chi connectivity index (χ3v) is 0.428. The van der Waals surface area contributed by atoms with E-state index < -0.39 is 5.97 Å². The zero-order valence-corrected chi connectivity index (χ0v) is 4.68. The van der Waals surface area contributed by atoms with Gasteiger partial charge in [-0.2, -0.15) is 0 Å². The second-order valence-electron chi connectivity index (χ2n) is 1.24. The molecule has 0 aromatic heterocycles. The second kappa shape index (κ2) is 3.02. The minimum Gasteiger partial charge on any atom is -0.428 e. The van der Waals surface area contributed by atoms with Gasteiger partial charge in [0.2, 0.25) is 0 Å². The van der Waals surface area contributed by atoms with Crippen LogP contribution < -0.4 is 0 Å². The van der Waals surface area contributed by atoms with Crippen LogP contribution >= 0.6 is 0 Å². The minimum absolute atomic E-state index is 0.134. The predicted molar refractivity (Wildman–Crippen MR) is 29.8 cm³/mol. The molecule has 0 bridgehead atoms. The van der Waals surface area contributed by atoms with Crippen LogP contribution in [-0.4, -0.2) is 5.97 Å². The number of rotatable bonds is 2.